The highest BCUT2D eigenvalue weighted by atomic mass is 16.5. The number of methoxy groups -OCH3 is 1. The number of aromatic nitrogens is 3. The van der Waals surface area contributed by atoms with E-state index < -0.39 is 0 Å². The number of hydrogen-bond donors (Lipinski definition) is 2. The number of nitrogens with one attached hydrogen (secondary N) is 2. The molecular weight excluding hydrogens is 282 g/mol. The van der Waals surface area contributed by atoms with Gasteiger partial charge in [0.1, 0.15) is 12.1 Å². The molecule has 22 heavy (non-hydrogen) atoms. The molecule has 0 radical (unpaired) electrons. The van der Waals surface area contributed by atoms with Crippen molar-refractivity contribution in [3.05, 3.63) is 42.0 Å². The lowest BCUT2D eigenvalue weighted by molar-refractivity contribution is 0.237. The number of carbonyl (C=O) groups is 1. The van der Waals surface area contributed by atoms with Crippen LogP contribution in [0.1, 0.15) is 24.4 Å². The molecule has 0 aliphatic rings. The zero-order chi connectivity index (χ0) is 15.9. The predicted molar refractivity (Wildman–Crippen MR) is 82.7 cm³/mol. The van der Waals surface area contributed by atoms with Gasteiger partial charge < -0.3 is 19.9 Å². The highest BCUT2D eigenvalue weighted by Gasteiger charge is 2.13. The number of benzene rings is 1. The van der Waals surface area contributed by atoms with Crippen molar-refractivity contribution >= 4 is 6.03 Å². The van der Waals surface area contributed by atoms with Crippen molar-refractivity contribution in [2.45, 2.75) is 19.4 Å². The summed E-state index contributed by atoms with van der Waals surface area (Å²) in [6.07, 6.45) is 2.31. The minimum absolute atomic E-state index is 0.209. The second-order valence-electron chi connectivity index (χ2n) is 4.98. The number of nitrogens with zero attached hydrogens (tertiary/aromatic N) is 3. The zero-order valence-corrected chi connectivity index (χ0v) is 13.0. The van der Waals surface area contributed by atoms with Gasteiger partial charge in [0.2, 0.25) is 0 Å². The van der Waals surface area contributed by atoms with Crippen molar-refractivity contribution in [3.8, 4) is 5.75 Å². The Morgan fingerprint density at radius 1 is 1.41 bits per heavy atom. The normalized spacial score (nSPS) is 11.8. The maximum atomic E-state index is 11.9. The molecule has 0 spiro atoms. The van der Waals surface area contributed by atoms with E-state index in [4.69, 9.17) is 4.74 Å². The SMILES string of the molecule is COc1ccccc1CCNC(=O)N[C@@H](C)c1nncn1C. The fourth-order valence-corrected chi connectivity index (χ4v) is 2.22. The van der Waals surface area contributed by atoms with Gasteiger partial charge in [0.25, 0.3) is 0 Å². The molecule has 1 aromatic heterocycles. The first-order valence-electron chi connectivity index (χ1n) is 7.12. The summed E-state index contributed by atoms with van der Waals surface area (Å²) in [5.41, 5.74) is 1.06. The minimum atomic E-state index is -0.231. The second-order valence-corrected chi connectivity index (χ2v) is 4.98. The molecule has 1 heterocycles. The van der Waals surface area contributed by atoms with E-state index >= 15 is 0 Å². The van der Waals surface area contributed by atoms with E-state index in [0.29, 0.717) is 18.8 Å². The number of ether oxygens (including phenoxy) is 1. The Labute approximate surface area is 129 Å². The Hall–Kier alpha value is -2.57. The first-order valence-corrected chi connectivity index (χ1v) is 7.12. The quantitative estimate of drug-likeness (QED) is 0.846. The number of urea groups is 1. The third-order valence-electron chi connectivity index (χ3n) is 3.35. The molecule has 0 aliphatic heterocycles. The molecule has 2 amide bonds. The van der Waals surface area contributed by atoms with Crippen LogP contribution in [0.3, 0.4) is 0 Å². The van der Waals surface area contributed by atoms with E-state index in [-0.39, 0.29) is 12.1 Å². The number of hydrogen-bond acceptors (Lipinski definition) is 4. The summed E-state index contributed by atoms with van der Waals surface area (Å²) in [5, 5.41) is 13.4. The Kier molecular flexibility index (Phi) is 5.35. The molecule has 2 N–H and O–H groups in total. The van der Waals surface area contributed by atoms with Crippen LogP contribution in [0.4, 0.5) is 4.79 Å². The molecule has 0 fully saturated rings. The van der Waals surface area contributed by atoms with Gasteiger partial charge in [0.15, 0.2) is 5.82 Å². The topological polar surface area (TPSA) is 81.1 Å². The average Bonchev–Trinajstić information content (AvgIpc) is 2.94. The lowest BCUT2D eigenvalue weighted by Crippen LogP contribution is -2.38. The van der Waals surface area contributed by atoms with Gasteiger partial charge in [-0.2, -0.15) is 0 Å². The van der Waals surface area contributed by atoms with Crippen LogP contribution >= 0.6 is 0 Å². The predicted octanol–water partition coefficient (Wildman–Crippen LogP) is 1.43. The van der Waals surface area contributed by atoms with E-state index in [1.54, 1.807) is 18.0 Å². The molecule has 2 aromatic rings. The molecule has 7 heteroatoms. The van der Waals surface area contributed by atoms with Crippen molar-refractivity contribution < 1.29 is 9.53 Å². The Bertz CT molecular complexity index is 626. The van der Waals surface area contributed by atoms with Gasteiger partial charge in [0.05, 0.1) is 13.2 Å². The zero-order valence-electron chi connectivity index (χ0n) is 13.0. The maximum Gasteiger partial charge on any atom is 0.315 e. The molecule has 2 rings (SSSR count). The van der Waals surface area contributed by atoms with Gasteiger partial charge >= 0.3 is 6.03 Å². The molecule has 0 saturated heterocycles. The summed E-state index contributed by atoms with van der Waals surface area (Å²) >= 11 is 0. The van der Waals surface area contributed by atoms with E-state index in [2.05, 4.69) is 20.8 Å². The van der Waals surface area contributed by atoms with Crippen LogP contribution in [0, 0.1) is 0 Å². The van der Waals surface area contributed by atoms with Gasteiger partial charge in [-0.3, -0.25) is 0 Å². The number of amides is 2. The lowest BCUT2D eigenvalue weighted by Gasteiger charge is -2.14. The molecule has 0 unspecified atom stereocenters. The number of carbonyl (C=O) groups excluding carboxylic acids is 1. The summed E-state index contributed by atoms with van der Waals surface area (Å²) in [6.45, 7) is 2.39. The fourth-order valence-electron chi connectivity index (χ4n) is 2.22. The summed E-state index contributed by atoms with van der Waals surface area (Å²) < 4.78 is 7.06. The maximum absolute atomic E-state index is 11.9. The molecule has 0 saturated carbocycles. The third kappa shape index (κ3) is 3.97. The highest BCUT2D eigenvalue weighted by Crippen LogP contribution is 2.17. The standard InChI is InChI=1S/C15H21N5O2/c1-11(14-19-17-10-20(14)2)18-15(21)16-9-8-12-6-4-5-7-13(12)22-3/h4-7,10-11H,8-9H2,1-3H3,(H2,16,18,21)/t11-/m0/s1. The third-order valence-corrected chi connectivity index (χ3v) is 3.35. The van der Waals surface area contributed by atoms with Crippen LogP contribution < -0.4 is 15.4 Å². The Balaban J connectivity index is 1.80. The van der Waals surface area contributed by atoms with E-state index in [0.717, 1.165) is 11.3 Å². The van der Waals surface area contributed by atoms with Gasteiger partial charge in [0, 0.05) is 13.6 Å². The fraction of sp³-hybridized carbons (Fsp3) is 0.400. The second kappa shape index (κ2) is 7.44. The van der Waals surface area contributed by atoms with Crippen LogP contribution in [0.5, 0.6) is 5.75 Å². The summed E-state index contributed by atoms with van der Waals surface area (Å²) in [4.78, 5) is 11.9. The summed E-state index contributed by atoms with van der Waals surface area (Å²) in [7, 11) is 3.48. The van der Waals surface area contributed by atoms with Crippen molar-refractivity contribution in [1.82, 2.24) is 25.4 Å². The molecule has 1 aromatic carbocycles. The van der Waals surface area contributed by atoms with Gasteiger partial charge in [-0.25, -0.2) is 4.79 Å². The molecule has 118 valence electrons. The molecule has 0 aliphatic carbocycles. The van der Waals surface area contributed by atoms with Crippen LogP contribution in [0.2, 0.25) is 0 Å². The van der Waals surface area contributed by atoms with Crippen LogP contribution in [0.15, 0.2) is 30.6 Å². The molecule has 0 bridgehead atoms. The first kappa shape index (κ1) is 15.8. The van der Waals surface area contributed by atoms with Crippen LogP contribution in [-0.4, -0.2) is 34.5 Å². The number of rotatable bonds is 6. The van der Waals surface area contributed by atoms with E-state index in [1.165, 1.54) is 0 Å². The van der Waals surface area contributed by atoms with Crippen LogP contribution in [-0.2, 0) is 13.5 Å². The van der Waals surface area contributed by atoms with E-state index in [9.17, 15) is 4.79 Å². The largest absolute Gasteiger partial charge is 0.496 e. The Morgan fingerprint density at radius 3 is 2.86 bits per heavy atom. The molecular formula is C15H21N5O2. The van der Waals surface area contributed by atoms with Crippen molar-refractivity contribution in [1.29, 1.82) is 0 Å². The van der Waals surface area contributed by atoms with Crippen molar-refractivity contribution in [2.24, 2.45) is 7.05 Å². The average molecular weight is 303 g/mol. The van der Waals surface area contributed by atoms with Crippen molar-refractivity contribution in [3.63, 3.8) is 0 Å². The monoisotopic (exact) mass is 303 g/mol. The Morgan fingerprint density at radius 2 is 2.18 bits per heavy atom. The molecule has 7 nitrogen and oxygen atoms in total. The highest BCUT2D eigenvalue weighted by molar-refractivity contribution is 5.74. The summed E-state index contributed by atoms with van der Waals surface area (Å²) in [5.74, 6) is 1.54. The van der Waals surface area contributed by atoms with E-state index in [1.807, 2.05) is 38.2 Å². The van der Waals surface area contributed by atoms with Gasteiger partial charge in [-0.1, -0.05) is 18.2 Å². The first-order chi connectivity index (χ1) is 10.6. The smallest absolute Gasteiger partial charge is 0.315 e. The van der Waals surface area contributed by atoms with Crippen LogP contribution in [0.25, 0.3) is 0 Å². The van der Waals surface area contributed by atoms with Gasteiger partial charge in [-0.15, -0.1) is 10.2 Å². The molecule has 1 atom stereocenters. The minimum Gasteiger partial charge on any atom is -0.496 e. The lowest BCUT2D eigenvalue weighted by atomic mass is 10.1. The number of aryl methyl sites for hydroxylation is 1. The van der Waals surface area contributed by atoms with Gasteiger partial charge in [-0.05, 0) is 25.0 Å². The number of para-hydroxylation sites is 1. The van der Waals surface area contributed by atoms with Crippen molar-refractivity contribution in [2.75, 3.05) is 13.7 Å². The summed E-state index contributed by atoms with van der Waals surface area (Å²) in [6, 6.07) is 7.33.